The molecule has 0 saturated heterocycles. The minimum absolute atomic E-state index is 0.347. The Bertz CT molecular complexity index is 112. The lowest BCUT2D eigenvalue weighted by Gasteiger charge is -2.08. The van der Waals surface area contributed by atoms with Gasteiger partial charge in [0, 0.05) is 5.54 Å². The molecule has 0 aromatic rings. The molecule has 1 fully saturated rings. The maximum absolute atomic E-state index is 3.90. The number of rotatable bonds is 2. The van der Waals surface area contributed by atoms with E-state index in [1.165, 1.54) is 18.4 Å². The predicted molar refractivity (Wildman–Crippen MR) is 35.8 cm³/mol. The van der Waals surface area contributed by atoms with Crippen molar-refractivity contribution in [3.8, 4) is 0 Å². The summed E-state index contributed by atoms with van der Waals surface area (Å²) in [6.45, 7) is 6.09. The first-order chi connectivity index (χ1) is 3.75. The van der Waals surface area contributed by atoms with Crippen molar-refractivity contribution in [2.45, 2.75) is 25.3 Å². The van der Waals surface area contributed by atoms with Gasteiger partial charge in [-0.25, -0.2) is 0 Å². The quantitative estimate of drug-likeness (QED) is 0.530. The number of likely N-dealkylation sites (N-methyl/N-ethyl adjacent to an activating group) is 1. The van der Waals surface area contributed by atoms with Crippen LogP contribution < -0.4 is 5.32 Å². The van der Waals surface area contributed by atoms with Crippen LogP contribution in [0.15, 0.2) is 12.2 Å². The second kappa shape index (κ2) is 1.59. The van der Waals surface area contributed by atoms with Crippen molar-refractivity contribution in [2.24, 2.45) is 0 Å². The van der Waals surface area contributed by atoms with E-state index in [-0.39, 0.29) is 0 Å². The molecular weight excluding hydrogens is 98.1 g/mol. The van der Waals surface area contributed by atoms with Crippen molar-refractivity contribution in [3.05, 3.63) is 12.2 Å². The van der Waals surface area contributed by atoms with E-state index in [0.29, 0.717) is 5.54 Å². The summed E-state index contributed by atoms with van der Waals surface area (Å²) in [5.41, 5.74) is 1.71. The molecule has 1 atom stereocenters. The van der Waals surface area contributed by atoms with Crippen molar-refractivity contribution in [1.82, 2.24) is 5.32 Å². The van der Waals surface area contributed by atoms with Crippen molar-refractivity contribution in [1.29, 1.82) is 0 Å². The van der Waals surface area contributed by atoms with E-state index in [2.05, 4.69) is 18.8 Å². The SMILES string of the molecule is C=C1CC1(CC)NC. The van der Waals surface area contributed by atoms with Crippen molar-refractivity contribution < 1.29 is 0 Å². The molecule has 1 aliphatic carbocycles. The maximum atomic E-state index is 3.90. The molecule has 1 unspecified atom stereocenters. The fourth-order valence-electron chi connectivity index (χ4n) is 1.14. The van der Waals surface area contributed by atoms with Crippen LogP contribution in [0.4, 0.5) is 0 Å². The van der Waals surface area contributed by atoms with Gasteiger partial charge in [0.05, 0.1) is 0 Å². The lowest BCUT2D eigenvalue weighted by Crippen LogP contribution is -2.26. The summed E-state index contributed by atoms with van der Waals surface area (Å²) in [5, 5.41) is 3.25. The molecule has 0 aliphatic heterocycles. The van der Waals surface area contributed by atoms with Crippen molar-refractivity contribution in [2.75, 3.05) is 7.05 Å². The number of hydrogen-bond donors (Lipinski definition) is 1. The minimum atomic E-state index is 0.347. The molecule has 0 bridgehead atoms. The number of nitrogens with one attached hydrogen (secondary N) is 1. The lowest BCUT2D eigenvalue weighted by molar-refractivity contribution is 0.557. The highest BCUT2D eigenvalue weighted by Crippen LogP contribution is 2.43. The summed E-state index contributed by atoms with van der Waals surface area (Å²) in [5.74, 6) is 0. The highest BCUT2D eigenvalue weighted by Gasteiger charge is 2.43. The second-order valence-electron chi connectivity index (χ2n) is 2.47. The summed E-state index contributed by atoms with van der Waals surface area (Å²) in [6, 6.07) is 0. The Kier molecular flexibility index (Phi) is 1.16. The van der Waals surface area contributed by atoms with Crippen LogP contribution in [0.5, 0.6) is 0 Å². The van der Waals surface area contributed by atoms with Crippen LogP contribution in [0, 0.1) is 0 Å². The van der Waals surface area contributed by atoms with Gasteiger partial charge in [0.2, 0.25) is 0 Å². The Morgan fingerprint density at radius 1 is 1.88 bits per heavy atom. The first-order valence-corrected chi connectivity index (χ1v) is 3.12. The largest absolute Gasteiger partial charge is 0.310 e. The summed E-state index contributed by atoms with van der Waals surface area (Å²) in [7, 11) is 2.00. The van der Waals surface area contributed by atoms with Crippen LogP contribution in [-0.4, -0.2) is 12.6 Å². The molecule has 1 saturated carbocycles. The monoisotopic (exact) mass is 111 g/mol. The highest BCUT2D eigenvalue weighted by atomic mass is 15.0. The van der Waals surface area contributed by atoms with Gasteiger partial charge in [0.1, 0.15) is 0 Å². The fourth-order valence-corrected chi connectivity index (χ4v) is 1.14. The van der Waals surface area contributed by atoms with Gasteiger partial charge in [0.25, 0.3) is 0 Å². The van der Waals surface area contributed by atoms with Gasteiger partial charge in [-0.1, -0.05) is 19.1 Å². The summed E-state index contributed by atoms with van der Waals surface area (Å²) >= 11 is 0. The van der Waals surface area contributed by atoms with Gasteiger partial charge in [-0.15, -0.1) is 0 Å². The molecular formula is C7H13N. The molecule has 0 aromatic carbocycles. The first-order valence-electron chi connectivity index (χ1n) is 3.12. The Labute approximate surface area is 50.8 Å². The molecule has 1 aliphatic rings. The van der Waals surface area contributed by atoms with Gasteiger partial charge >= 0.3 is 0 Å². The van der Waals surface area contributed by atoms with Gasteiger partial charge < -0.3 is 5.32 Å². The van der Waals surface area contributed by atoms with Crippen LogP contribution in [0.2, 0.25) is 0 Å². The molecule has 0 spiro atoms. The van der Waals surface area contributed by atoms with E-state index in [9.17, 15) is 0 Å². The van der Waals surface area contributed by atoms with Crippen molar-refractivity contribution in [3.63, 3.8) is 0 Å². The van der Waals surface area contributed by atoms with E-state index in [0.717, 1.165) is 0 Å². The molecule has 46 valence electrons. The van der Waals surface area contributed by atoms with E-state index in [1.807, 2.05) is 7.05 Å². The molecule has 0 heterocycles. The standard InChI is InChI=1S/C7H13N/c1-4-7(8-3)5-6(7)2/h8H,2,4-5H2,1,3H3. The molecule has 1 N–H and O–H groups in total. The van der Waals surface area contributed by atoms with E-state index >= 15 is 0 Å². The Morgan fingerprint density at radius 3 is 2.38 bits per heavy atom. The maximum Gasteiger partial charge on any atom is 0.0425 e. The van der Waals surface area contributed by atoms with Gasteiger partial charge in [-0.3, -0.25) is 0 Å². The van der Waals surface area contributed by atoms with Gasteiger partial charge in [-0.2, -0.15) is 0 Å². The zero-order valence-electron chi connectivity index (χ0n) is 5.62. The summed E-state index contributed by atoms with van der Waals surface area (Å²) in [4.78, 5) is 0. The molecule has 1 nitrogen and oxygen atoms in total. The van der Waals surface area contributed by atoms with Crippen LogP contribution >= 0.6 is 0 Å². The Morgan fingerprint density at radius 2 is 2.38 bits per heavy atom. The Hall–Kier alpha value is -0.300. The van der Waals surface area contributed by atoms with E-state index in [4.69, 9.17) is 0 Å². The topological polar surface area (TPSA) is 12.0 Å². The summed E-state index contributed by atoms with van der Waals surface area (Å²) in [6.07, 6.45) is 2.36. The second-order valence-corrected chi connectivity index (χ2v) is 2.47. The average Bonchev–Trinajstić information content (AvgIpc) is 2.43. The third-order valence-electron chi connectivity index (χ3n) is 2.15. The normalized spacial score (nSPS) is 35.5. The first kappa shape index (κ1) is 5.83. The van der Waals surface area contributed by atoms with Crippen LogP contribution in [-0.2, 0) is 0 Å². The summed E-state index contributed by atoms with van der Waals surface area (Å²) < 4.78 is 0. The Balaban J connectivity index is 2.52. The van der Waals surface area contributed by atoms with Gasteiger partial charge in [-0.05, 0) is 19.9 Å². The van der Waals surface area contributed by atoms with Crippen LogP contribution in [0.25, 0.3) is 0 Å². The van der Waals surface area contributed by atoms with E-state index < -0.39 is 0 Å². The third kappa shape index (κ3) is 0.583. The molecule has 0 aromatic heterocycles. The van der Waals surface area contributed by atoms with Crippen LogP contribution in [0.3, 0.4) is 0 Å². The predicted octanol–water partition coefficient (Wildman–Crippen LogP) is 1.31. The zero-order chi connectivity index (χ0) is 6.20. The fraction of sp³-hybridized carbons (Fsp3) is 0.714. The smallest absolute Gasteiger partial charge is 0.0425 e. The highest BCUT2D eigenvalue weighted by molar-refractivity contribution is 5.35. The molecule has 0 radical (unpaired) electrons. The third-order valence-corrected chi connectivity index (χ3v) is 2.15. The number of hydrogen-bond acceptors (Lipinski definition) is 1. The zero-order valence-corrected chi connectivity index (χ0v) is 5.62. The molecule has 1 heteroatoms. The lowest BCUT2D eigenvalue weighted by atomic mass is 10.2. The molecule has 1 rings (SSSR count). The van der Waals surface area contributed by atoms with Gasteiger partial charge in [0.15, 0.2) is 0 Å². The average molecular weight is 111 g/mol. The van der Waals surface area contributed by atoms with Crippen LogP contribution in [0.1, 0.15) is 19.8 Å². The van der Waals surface area contributed by atoms with Crippen molar-refractivity contribution >= 4 is 0 Å². The molecule has 0 amide bonds. The molecule has 8 heavy (non-hydrogen) atoms. The van der Waals surface area contributed by atoms with E-state index in [1.54, 1.807) is 0 Å². The minimum Gasteiger partial charge on any atom is -0.310 e.